The molecule has 2 unspecified atom stereocenters. The van der Waals surface area contributed by atoms with E-state index >= 15 is 0 Å². The zero-order valence-electron chi connectivity index (χ0n) is 25.7. The van der Waals surface area contributed by atoms with Gasteiger partial charge in [-0.25, -0.2) is 9.67 Å². The molecule has 3 aliphatic rings. The number of pyridine rings is 1. The number of benzene rings is 1. The summed E-state index contributed by atoms with van der Waals surface area (Å²) < 4.78 is 2.14. The van der Waals surface area contributed by atoms with Gasteiger partial charge >= 0.3 is 0 Å². The Labute approximate surface area is 246 Å². The maximum absolute atomic E-state index is 4.95. The van der Waals surface area contributed by atoms with Gasteiger partial charge in [0.2, 0.25) is 0 Å². The minimum Gasteiger partial charge on any atom is -0.370 e. The van der Waals surface area contributed by atoms with Gasteiger partial charge in [-0.1, -0.05) is 13.0 Å². The number of anilines is 2. The molecule has 1 aromatic carbocycles. The molecular weight excluding hydrogens is 506 g/mol. The molecule has 3 aromatic rings. The van der Waals surface area contributed by atoms with E-state index in [1.54, 1.807) is 0 Å². The van der Waals surface area contributed by atoms with Crippen molar-refractivity contribution >= 4 is 11.5 Å². The van der Waals surface area contributed by atoms with Crippen LogP contribution in [0.25, 0.3) is 5.69 Å². The molecule has 7 heteroatoms. The molecule has 2 fully saturated rings. The van der Waals surface area contributed by atoms with Gasteiger partial charge < -0.3 is 20.0 Å². The largest absolute Gasteiger partial charge is 0.370 e. The fourth-order valence-corrected chi connectivity index (χ4v) is 7.07. The number of aromatic nitrogens is 3. The molecule has 0 aliphatic carbocycles. The predicted octanol–water partition coefficient (Wildman–Crippen LogP) is 5.44. The Kier molecular flexibility index (Phi) is 8.63. The molecule has 0 amide bonds. The number of likely N-dealkylation sites (N-methyl/N-ethyl adjacent to an activating group) is 1. The first kappa shape index (κ1) is 28.2. The first-order chi connectivity index (χ1) is 19.9. The van der Waals surface area contributed by atoms with Crippen molar-refractivity contribution < 1.29 is 0 Å². The molecule has 3 aliphatic heterocycles. The van der Waals surface area contributed by atoms with Crippen LogP contribution in [0.3, 0.4) is 0 Å². The van der Waals surface area contributed by atoms with Crippen molar-refractivity contribution in [2.24, 2.45) is 5.92 Å². The Morgan fingerprint density at radius 3 is 2.61 bits per heavy atom. The van der Waals surface area contributed by atoms with Crippen molar-refractivity contribution in [3.63, 3.8) is 0 Å². The fourth-order valence-electron chi connectivity index (χ4n) is 7.07. The molecule has 1 N–H and O–H groups in total. The molecule has 0 saturated carbocycles. The van der Waals surface area contributed by atoms with Crippen LogP contribution in [0.4, 0.5) is 11.5 Å². The van der Waals surface area contributed by atoms with Gasteiger partial charge in [0.05, 0.1) is 11.4 Å². The maximum atomic E-state index is 4.95. The second kappa shape index (κ2) is 12.5. The highest BCUT2D eigenvalue weighted by Gasteiger charge is 2.26. The van der Waals surface area contributed by atoms with Gasteiger partial charge in [0.25, 0.3) is 0 Å². The summed E-state index contributed by atoms with van der Waals surface area (Å²) >= 11 is 0. The highest BCUT2D eigenvalue weighted by atomic mass is 15.3. The third-order valence-electron chi connectivity index (χ3n) is 9.62. The van der Waals surface area contributed by atoms with Crippen molar-refractivity contribution in [1.82, 2.24) is 24.6 Å². The van der Waals surface area contributed by atoms with E-state index in [1.807, 2.05) is 0 Å². The van der Waals surface area contributed by atoms with E-state index in [-0.39, 0.29) is 0 Å². The first-order valence-corrected chi connectivity index (χ1v) is 16.0. The lowest BCUT2D eigenvalue weighted by Gasteiger charge is -2.35. The van der Waals surface area contributed by atoms with Crippen LogP contribution >= 0.6 is 0 Å². The fraction of sp³-hybridized carbons (Fsp3) is 0.588. The van der Waals surface area contributed by atoms with Crippen molar-refractivity contribution in [3.8, 4) is 5.69 Å². The highest BCUT2D eigenvalue weighted by Crippen LogP contribution is 2.32. The van der Waals surface area contributed by atoms with Crippen LogP contribution in [0.15, 0.2) is 36.4 Å². The third-order valence-corrected chi connectivity index (χ3v) is 9.62. The zero-order chi connectivity index (χ0) is 28.3. The van der Waals surface area contributed by atoms with Gasteiger partial charge in [0.1, 0.15) is 5.82 Å². The minimum absolute atomic E-state index is 0.519. The smallest absolute Gasteiger partial charge is 0.129 e. The lowest BCUT2D eigenvalue weighted by molar-refractivity contribution is 0.295. The van der Waals surface area contributed by atoms with Crippen LogP contribution < -0.4 is 10.2 Å². The van der Waals surface area contributed by atoms with Crippen LogP contribution in [0.2, 0.25) is 0 Å². The molecule has 6 rings (SSSR count). The van der Waals surface area contributed by atoms with Crippen LogP contribution in [0.1, 0.15) is 66.7 Å². The Bertz CT molecular complexity index is 1320. The standard InChI is InChI=1S/C34H49N7/c1-5-28(24-39-14-12-27(23-39)8-10-31-11-9-29-7-6-13-35-34(29)36-31)30-20-32(40-17-15-38(4)16-18-40)22-33(21-30)41-26(3)19-25(2)37-41/h9,11,19-22,27-28H,5-8,10,12-18,23-24H2,1-4H3,(H,35,36). The number of piperazine rings is 1. The average molecular weight is 556 g/mol. The quantitative estimate of drug-likeness (QED) is 0.379. The number of likely N-dealkylation sites (tertiary alicyclic amines) is 1. The van der Waals surface area contributed by atoms with Gasteiger partial charge in [0, 0.05) is 62.9 Å². The monoisotopic (exact) mass is 555 g/mol. The lowest BCUT2D eigenvalue weighted by atomic mass is 9.94. The van der Waals surface area contributed by atoms with Crippen LogP contribution in [0.5, 0.6) is 0 Å². The minimum atomic E-state index is 0.519. The van der Waals surface area contributed by atoms with Crippen molar-refractivity contribution in [1.29, 1.82) is 0 Å². The molecule has 2 saturated heterocycles. The van der Waals surface area contributed by atoms with Crippen molar-refractivity contribution in [3.05, 3.63) is 64.6 Å². The molecule has 41 heavy (non-hydrogen) atoms. The van der Waals surface area contributed by atoms with Crippen molar-refractivity contribution in [2.45, 2.75) is 65.2 Å². The summed E-state index contributed by atoms with van der Waals surface area (Å²) in [5, 5.41) is 8.35. The molecule has 5 heterocycles. The summed E-state index contributed by atoms with van der Waals surface area (Å²) in [5.41, 5.74) is 8.92. The first-order valence-electron chi connectivity index (χ1n) is 16.0. The number of rotatable bonds is 9. The predicted molar refractivity (Wildman–Crippen MR) is 170 cm³/mol. The summed E-state index contributed by atoms with van der Waals surface area (Å²) in [6, 6.07) is 14.0. The summed E-state index contributed by atoms with van der Waals surface area (Å²) in [5.74, 6) is 2.41. The van der Waals surface area contributed by atoms with E-state index in [1.165, 1.54) is 66.2 Å². The summed E-state index contributed by atoms with van der Waals surface area (Å²) in [7, 11) is 2.23. The van der Waals surface area contributed by atoms with Gasteiger partial charge in [-0.15, -0.1) is 0 Å². The molecule has 7 nitrogen and oxygen atoms in total. The number of aryl methyl sites for hydroxylation is 4. The molecular formula is C34H49N7. The highest BCUT2D eigenvalue weighted by molar-refractivity contribution is 5.57. The molecule has 0 bridgehead atoms. The molecule has 2 atom stereocenters. The summed E-state index contributed by atoms with van der Waals surface area (Å²) in [6.45, 7) is 15.6. The number of hydrogen-bond donors (Lipinski definition) is 1. The molecule has 0 spiro atoms. The Hall–Kier alpha value is -2.90. The number of fused-ring (bicyclic) bond motifs is 1. The van der Waals surface area contributed by atoms with Gasteiger partial charge in [-0.2, -0.15) is 5.10 Å². The van der Waals surface area contributed by atoms with E-state index < -0.39 is 0 Å². The van der Waals surface area contributed by atoms with Crippen LogP contribution in [0, 0.1) is 19.8 Å². The van der Waals surface area contributed by atoms with Gasteiger partial charge in [0.15, 0.2) is 0 Å². The van der Waals surface area contributed by atoms with E-state index in [0.717, 1.165) is 76.0 Å². The second-order valence-corrected chi connectivity index (χ2v) is 12.8. The summed E-state index contributed by atoms with van der Waals surface area (Å²) in [6.07, 6.45) is 7.15. The van der Waals surface area contributed by atoms with Gasteiger partial charge in [-0.05, 0) is 119 Å². The number of nitrogens with zero attached hydrogens (tertiary/aromatic N) is 6. The number of nitrogens with one attached hydrogen (secondary N) is 1. The molecule has 0 radical (unpaired) electrons. The van der Waals surface area contributed by atoms with Crippen LogP contribution in [-0.4, -0.2) is 84.0 Å². The van der Waals surface area contributed by atoms with E-state index in [0.29, 0.717) is 5.92 Å². The topological polar surface area (TPSA) is 52.5 Å². The Morgan fingerprint density at radius 2 is 1.83 bits per heavy atom. The van der Waals surface area contributed by atoms with Gasteiger partial charge in [-0.3, -0.25) is 0 Å². The van der Waals surface area contributed by atoms with E-state index in [4.69, 9.17) is 10.1 Å². The lowest BCUT2D eigenvalue weighted by Crippen LogP contribution is -2.44. The SMILES string of the molecule is CCC(CN1CCC(CCc2ccc3c(n2)NCCC3)C1)c1cc(N2CCN(C)CC2)cc(-n2nc(C)cc2C)c1. The van der Waals surface area contributed by atoms with E-state index in [9.17, 15) is 0 Å². The maximum Gasteiger partial charge on any atom is 0.129 e. The molecule has 220 valence electrons. The summed E-state index contributed by atoms with van der Waals surface area (Å²) in [4.78, 5) is 12.7. The third kappa shape index (κ3) is 6.62. The normalized spacial score (nSPS) is 20.7. The Morgan fingerprint density at radius 1 is 1.00 bits per heavy atom. The van der Waals surface area contributed by atoms with E-state index in [2.05, 4.69) is 88.9 Å². The van der Waals surface area contributed by atoms with Crippen LogP contribution in [-0.2, 0) is 12.8 Å². The number of hydrogen-bond acceptors (Lipinski definition) is 6. The second-order valence-electron chi connectivity index (χ2n) is 12.8. The zero-order valence-corrected chi connectivity index (χ0v) is 25.7. The Balaban J connectivity index is 1.14. The van der Waals surface area contributed by atoms with Crippen molar-refractivity contribution in [2.75, 3.05) is 69.6 Å². The average Bonchev–Trinajstić information content (AvgIpc) is 3.59. The molecule has 2 aromatic heterocycles.